The number of ether oxygens (including phenoxy) is 1. The third kappa shape index (κ3) is 3.94. The lowest BCUT2D eigenvalue weighted by atomic mass is 9.84. The van der Waals surface area contributed by atoms with E-state index in [2.05, 4.69) is 27.2 Å². The number of nitrogens with one attached hydrogen (secondary N) is 1. The zero-order chi connectivity index (χ0) is 13.7. The summed E-state index contributed by atoms with van der Waals surface area (Å²) in [6.45, 7) is 4.66. The van der Waals surface area contributed by atoms with Crippen LogP contribution < -0.4 is 15.8 Å². The first-order valence-electron chi connectivity index (χ1n) is 7.12. The van der Waals surface area contributed by atoms with Crippen LogP contribution in [0.3, 0.4) is 0 Å². The van der Waals surface area contributed by atoms with Crippen molar-refractivity contribution < 1.29 is 4.74 Å². The maximum Gasteiger partial charge on any atom is 0.323 e. The van der Waals surface area contributed by atoms with Crippen LogP contribution in [-0.4, -0.2) is 27.6 Å². The molecule has 0 amide bonds. The summed E-state index contributed by atoms with van der Waals surface area (Å²) in [7, 11) is 0. The number of hydrogen-bond donors (Lipinski definition) is 2. The monoisotopic (exact) mass is 265 g/mol. The van der Waals surface area contributed by atoms with E-state index in [9.17, 15) is 0 Å². The van der Waals surface area contributed by atoms with Gasteiger partial charge in [-0.3, -0.25) is 0 Å². The van der Waals surface area contributed by atoms with Crippen LogP contribution in [0.15, 0.2) is 0 Å². The Kier molecular flexibility index (Phi) is 4.76. The normalized spacial score (nSPS) is 23.1. The lowest BCUT2D eigenvalue weighted by Crippen LogP contribution is -2.28. The van der Waals surface area contributed by atoms with Gasteiger partial charge in [-0.15, -0.1) is 0 Å². The SMILES string of the molecule is CCOc1nc(N)nc(NC2CCCC(CC)C2)n1. The number of nitrogens with zero attached hydrogens (tertiary/aromatic N) is 3. The molecule has 0 aromatic carbocycles. The van der Waals surface area contributed by atoms with Crippen LogP contribution in [-0.2, 0) is 0 Å². The van der Waals surface area contributed by atoms with Crippen molar-refractivity contribution in [2.45, 2.75) is 52.0 Å². The first-order valence-corrected chi connectivity index (χ1v) is 7.12. The molecule has 1 aromatic heterocycles. The molecule has 0 bridgehead atoms. The van der Waals surface area contributed by atoms with E-state index in [4.69, 9.17) is 10.5 Å². The molecule has 6 heteroatoms. The molecule has 1 heterocycles. The molecule has 106 valence electrons. The van der Waals surface area contributed by atoms with Crippen molar-refractivity contribution >= 4 is 11.9 Å². The van der Waals surface area contributed by atoms with Crippen molar-refractivity contribution in [3.8, 4) is 6.01 Å². The van der Waals surface area contributed by atoms with E-state index in [1.807, 2.05) is 6.92 Å². The molecule has 6 nitrogen and oxygen atoms in total. The van der Waals surface area contributed by atoms with Gasteiger partial charge in [-0.1, -0.05) is 26.2 Å². The summed E-state index contributed by atoms with van der Waals surface area (Å²) in [6, 6.07) is 0.718. The van der Waals surface area contributed by atoms with Crippen LogP contribution in [0.5, 0.6) is 6.01 Å². The van der Waals surface area contributed by atoms with Crippen molar-refractivity contribution in [2.75, 3.05) is 17.7 Å². The van der Waals surface area contributed by atoms with Crippen LogP contribution in [0.2, 0.25) is 0 Å². The average Bonchev–Trinajstić information content (AvgIpc) is 2.38. The smallest absolute Gasteiger partial charge is 0.323 e. The van der Waals surface area contributed by atoms with Crippen molar-refractivity contribution in [3.63, 3.8) is 0 Å². The highest BCUT2D eigenvalue weighted by molar-refractivity contribution is 5.33. The van der Waals surface area contributed by atoms with Crippen LogP contribution >= 0.6 is 0 Å². The Morgan fingerprint density at radius 2 is 2.11 bits per heavy atom. The predicted molar refractivity (Wildman–Crippen MR) is 75.1 cm³/mol. The molecule has 1 aliphatic rings. The maximum absolute atomic E-state index is 5.67. The molecule has 1 fully saturated rings. The van der Waals surface area contributed by atoms with Gasteiger partial charge in [0.15, 0.2) is 0 Å². The third-order valence-electron chi connectivity index (χ3n) is 3.60. The van der Waals surface area contributed by atoms with Crippen LogP contribution in [0.4, 0.5) is 11.9 Å². The second-order valence-corrected chi connectivity index (χ2v) is 5.01. The summed E-state index contributed by atoms with van der Waals surface area (Å²) in [5.41, 5.74) is 5.67. The summed E-state index contributed by atoms with van der Waals surface area (Å²) in [4.78, 5) is 12.3. The molecule has 0 spiro atoms. The molecule has 19 heavy (non-hydrogen) atoms. The maximum atomic E-state index is 5.67. The lowest BCUT2D eigenvalue weighted by molar-refractivity contribution is 0.310. The number of nitrogen functional groups attached to an aromatic ring is 1. The van der Waals surface area contributed by atoms with Gasteiger partial charge in [0.1, 0.15) is 0 Å². The Morgan fingerprint density at radius 1 is 1.26 bits per heavy atom. The van der Waals surface area contributed by atoms with Gasteiger partial charge in [0.25, 0.3) is 0 Å². The van der Waals surface area contributed by atoms with E-state index >= 15 is 0 Å². The zero-order valence-electron chi connectivity index (χ0n) is 11.7. The summed E-state index contributed by atoms with van der Waals surface area (Å²) >= 11 is 0. The molecule has 2 rings (SSSR count). The highest BCUT2D eigenvalue weighted by Gasteiger charge is 2.21. The Bertz CT molecular complexity index is 412. The summed E-state index contributed by atoms with van der Waals surface area (Å²) in [6.07, 6.45) is 6.16. The molecule has 2 unspecified atom stereocenters. The van der Waals surface area contributed by atoms with E-state index in [1.54, 1.807) is 0 Å². The second kappa shape index (κ2) is 6.54. The predicted octanol–water partition coefficient (Wildman–Crippen LogP) is 2.23. The van der Waals surface area contributed by atoms with Crippen molar-refractivity contribution in [2.24, 2.45) is 5.92 Å². The van der Waals surface area contributed by atoms with E-state index in [1.165, 1.54) is 25.7 Å². The molecule has 3 N–H and O–H groups in total. The van der Waals surface area contributed by atoms with Gasteiger partial charge in [-0.2, -0.15) is 15.0 Å². The summed E-state index contributed by atoms with van der Waals surface area (Å²) in [5, 5.41) is 3.36. The molecule has 1 aliphatic carbocycles. The number of nitrogens with two attached hydrogens (primary N) is 1. The van der Waals surface area contributed by atoms with Crippen LogP contribution in [0, 0.1) is 5.92 Å². The minimum Gasteiger partial charge on any atom is -0.464 e. The molecule has 1 saturated carbocycles. The minimum atomic E-state index is 0.198. The van der Waals surface area contributed by atoms with Gasteiger partial charge in [-0.05, 0) is 25.7 Å². The Balaban J connectivity index is 2.01. The molecule has 1 aromatic rings. The number of aromatic nitrogens is 3. The van der Waals surface area contributed by atoms with Crippen LogP contribution in [0.1, 0.15) is 46.0 Å². The zero-order valence-corrected chi connectivity index (χ0v) is 11.7. The van der Waals surface area contributed by atoms with Crippen molar-refractivity contribution in [1.82, 2.24) is 15.0 Å². The highest BCUT2D eigenvalue weighted by atomic mass is 16.5. The summed E-state index contributed by atoms with van der Waals surface area (Å²) in [5.74, 6) is 1.53. The van der Waals surface area contributed by atoms with E-state index in [0.717, 1.165) is 12.3 Å². The quantitative estimate of drug-likeness (QED) is 0.849. The minimum absolute atomic E-state index is 0.198. The van der Waals surface area contributed by atoms with E-state index in [0.29, 0.717) is 24.6 Å². The fourth-order valence-corrected chi connectivity index (χ4v) is 2.61. The molecular formula is C13H23N5O. The molecule has 0 saturated heterocycles. The number of hydrogen-bond acceptors (Lipinski definition) is 6. The molecular weight excluding hydrogens is 242 g/mol. The number of anilines is 2. The first-order chi connectivity index (χ1) is 9.21. The van der Waals surface area contributed by atoms with Gasteiger partial charge in [0.2, 0.25) is 11.9 Å². The van der Waals surface area contributed by atoms with Gasteiger partial charge in [0, 0.05) is 6.04 Å². The topological polar surface area (TPSA) is 86.0 Å². The Morgan fingerprint density at radius 3 is 2.84 bits per heavy atom. The van der Waals surface area contributed by atoms with Gasteiger partial charge >= 0.3 is 6.01 Å². The second-order valence-electron chi connectivity index (χ2n) is 5.01. The molecule has 0 aliphatic heterocycles. The largest absolute Gasteiger partial charge is 0.464 e. The highest BCUT2D eigenvalue weighted by Crippen LogP contribution is 2.28. The molecule has 0 radical (unpaired) electrons. The lowest BCUT2D eigenvalue weighted by Gasteiger charge is -2.29. The molecule has 2 atom stereocenters. The summed E-state index contributed by atoms with van der Waals surface area (Å²) < 4.78 is 5.28. The van der Waals surface area contributed by atoms with E-state index < -0.39 is 0 Å². The third-order valence-corrected chi connectivity index (χ3v) is 3.60. The van der Waals surface area contributed by atoms with Gasteiger partial charge in [-0.25, -0.2) is 0 Å². The Labute approximate surface area is 114 Å². The fraction of sp³-hybridized carbons (Fsp3) is 0.769. The van der Waals surface area contributed by atoms with Gasteiger partial charge in [0.05, 0.1) is 6.61 Å². The van der Waals surface area contributed by atoms with Crippen molar-refractivity contribution in [3.05, 3.63) is 0 Å². The standard InChI is InChI=1S/C13H23N5O/c1-3-9-6-5-7-10(8-9)15-12-16-11(14)17-13(18-12)19-4-2/h9-10H,3-8H2,1-2H3,(H3,14,15,16,17,18). The number of rotatable bonds is 5. The van der Waals surface area contributed by atoms with Crippen molar-refractivity contribution in [1.29, 1.82) is 0 Å². The van der Waals surface area contributed by atoms with E-state index in [-0.39, 0.29) is 5.95 Å². The first kappa shape index (κ1) is 13.8. The Hall–Kier alpha value is -1.59. The van der Waals surface area contributed by atoms with Gasteiger partial charge < -0.3 is 15.8 Å². The fourth-order valence-electron chi connectivity index (χ4n) is 2.61. The average molecular weight is 265 g/mol. The van der Waals surface area contributed by atoms with Crippen LogP contribution in [0.25, 0.3) is 0 Å².